The minimum Gasteiger partial charge on any atom is -0.354 e. The van der Waals surface area contributed by atoms with Gasteiger partial charge in [-0.05, 0) is 42.7 Å². The van der Waals surface area contributed by atoms with Gasteiger partial charge < -0.3 is 10.2 Å². The van der Waals surface area contributed by atoms with Crippen LogP contribution in [-0.2, 0) is 21.9 Å². The fourth-order valence-corrected chi connectivity index (χ4v) is 4.17. The zero-order valence-corrected chi connectivity index (χ0v) is 19.7. The summed E-state index contributed by atoms with van der Waals surface area (Å²) in [7, 11) is 0. The molecular weight excluding hydrogens is 439 g/mol. The van der Waals surface area contributed by atoms with Crippen LogP contribution in [0.25, 0.3) is 0 Å². The van der Waals surface area contributed by atoms with Gasteiger partial charge in [-0.1, -0.05) is 66.9 Å². The van der Waals surface area contributed by atoms with Gasteiger partial charge in [0.2, 0.25) is 11.8 Å². The molecule has 0 radical (unpaired) electrons. The summed E-state index contributed by atoms with van der Waals surface area (Å²) in [6, 6.07) is 14.4. The third kappa shape index (κ3) is 7.86. The first-order chi connectivity index (χ1) is 14.4. The number of amides is 2. The SMILES string of the molecule is CCCCNC(=O)[C@H](C)N(Cc1ccc(Cl)cc1)C(=O)CSCc1ccccc1Cl. The molecule has 0 aliphatic heterocycles. The standard InChI is InChI=1S/C23H28Cl2N2O2S/c1-3-4-13-26-23(29)17(2)27(14-18-9-11-20(24)12-10-18)22(28)16-30-15-19-7-5-6-8-21(19)25/h5-12,17H,3-4,13-16H2,1-2H3,(H,26,29)/t17-/m0/s1. The van der Waals surface area contributed by atoms with Crippen LogP contribution < -0.4 is 5.32 Å². The van der Waals surface area contributed by atoms with Crippen molar-refractivity contribution in [1.29, 1.82) is 0 Å². The molecule has 162 valence electrons. The molecule has 2 amide bonds. The largest absolute Gasteiger partial charge is 0.354 e. The van der Waals surface area contributed by atoms with Crippen molar-refractivity contribution in [2.75, 3.05) is 12.3 Å². The second-order valence-electron chi connectivity index (χ2n) is 7.05. The Morgan fingerprint density at radius 3 is 2.47 bits per heavy atom. The third-order valence-electron chi connectivity index (χ3n) is 4.70. The van der Waals surface area contributed by atoms with Crippen molar-refractivity contribution in [2.24, 2.45) is 0 Å². The van der Waals surface area contributed by atoms with Crippen LogP contribution in [-0.4, -0.2) is 35.1 Å². The zero-order valence-electron chi connectivity index (χ0n) is 17.4. The number of carbonyl (C=O) groups excluding carboxylic acids is 2. The van der Waals surface area contributed by atoms with Gasteiger partial charge in [-0.25, -0.2) is 0 Å². The van der Waals surface area contributed by atoms with E-state index in [4.69, 9.17) is 23.2 Å². The van der Waals surface area contributed by atoms with Crippen molar-refractivity contribution in [3.05, 3.63) is 69.7 Å². The highest BCUT2D eigenvalue weighted by atomic mass is 35.5. The van der Waals surface area contributed by atoms with E-state index in [0.717, 1.165) is 24.0 Å². The molecule has 2 aromatic rings. The number of unbranched alkanes of at least 4 members (excludes halogenated alkanes) is 1. The molecule has 0 aliphatic rings. The number of halogens is 2. The van der Waals surface area contributed by atoms with Gasteiger partial charge in [-0.2, -0.15) is 0 Å². The van der Waals surface area contributed by atoms with Crippen LogP contribution in [0, 0.1) is 0 Å². The average molecular weight is 467 g/mol. The fourth-order valence-electron chi connectivity index (χ4n) is 2.85. The van der Waals surface area contributed by atoms with E-state index in [0.29, 0.717) is 28.9 Å². The van der Waals surface area contributed by atoms with Crippen molar-refractivity contribution in [3.8, 4) is 0 Å². The summed E-state index contributed by atoms with van der Waals surface area (Å²) < 4.78 is 0. The fraction of sp³-hybridized carbons (Fsp3) is 0.391. The van der Waals surface area contributed by atoms with Crippen molar-refractivity contribution < 1.29 is 9.59 Å². The monoisotopic (exact) mass is 466 g/mol. The summed E-state index contributed by atoms with van der Waals surface area (Å²) in [6.07, 6.45) is 1.91. The number of hydrogen-bond acceptors (Lipinski definition) is 3. The Morgan fingerprint density at radius 1 is 1.10 bits per heavy atom. The Hall–Kier alpha value is -1.69. The number of thioether (sulfide) groups is 1. The maximum atomic E-state index is 13.0. The number of hydrogen-bond donors (Lipinski definition) is 1. The normalized spacial score (nSPS) is 11.7. The van der Waals surface area contributed by atoms with Crippen molar-refractivity contribution in [3.63, 3.8) is 0 Å². The number of nitrogens with zero attached hydrogens (tertiary/aromatic N) is 1. The molecule has 0 heterocycles. The van der Waals surface area contributed by atoms with E-state index in [1.165, 1.54) is 11.8 Å². The molecule has 0 aliphatic carbocycles. The van der Waals surface area contributed by atoms with E-state index < -0.39 is 6.04 Å². The lowest BCUT2D eigenvalue weighted by Crippen LogP contribution is -2.48. The van der Waals surface area contributed by atoms with Gasteiger partial charge in [0, 0.05) is 28.9 Å². The second-order valence-corrected chi connectivity index (χ2v) is 8.88. The molecule has 0 fully saturated rings. The van der Waals surface area contributed by atoms with Crippen LogP contribution in [0.4, 0.5) is 0 Å². The van der Waals surface area contributed by atoms with Crippen LogP contribution in [0.15, 0.2) is 48.5 Å². The van der Waals surface area contributed by atoms with Crippen LogP contribution in [0.2, 0.25) is 10.0 Å². The van der Waals surface area contributed by atoms with Crippen molar-refractivity contribution in [2.45, 2.75) is 45.0 Å². The molecule has 0 spiro atoms. The zero-order chi connectivity index (χ0) is 21.9. The van der Waals surface area contributed by atoms with Gasteiger partial charge in [0.15, 0.2) is 0 Å². The molecule has 0 aromatic heterocycles. The summed E-state index contributed by atoms with van der Waals surface area (Å²) >= 11 is 13.7. The van der Waals surface area contributed by atoms with Gasteiger partial charge in [0.1, 0.15) is 6.04 Å². The Bertz CT molecular complexity index is 830. The lowest BCUT2D eigenvalue weighted by Gasteiger charge is -2.29. The molecule has 0 bridgehead atoms. The highest BCUT2D eigenvalue weighted by Gasteiger charge is 2.25. The number of benzene rings is 2. The predicted molar refractivity (Wildman–Crippen MR) is 127 cm³/mol. The highest BCUT2D eigenvalue weighted by molar-refractivity contribution is 7.99. The maximum absolute atomic E-state index is 13.0. The van der Waals surface area contributed by atoms with Gasteiger partial charge in [0.05, 0.1) is 5.75 Å². The number of carbonyl (C=O) groups is 2. The highest BCUT2D eigenvalue weighted by Crippen LogP contribution is 2.22. The summed E-state index contributed by atoms with van der Waals surface area (Å²) in [5, 5.41) is 4.25. The lowest BCUT2D eigenvalue weighted by atomic mass is 10.1. The lowest BCUT2D eigenvalue weighted by molar-refractivity contribution is -0.138. The Labute approximate surface area is 193 Å². The molecule has 2 aromatic carbocycles. The van der Waals surface area contributed by atoms with Crippen molar-refractivity contribution >= 4 is 46.8 Å². The van der Waals surface area contributed by atoms with Gasteiger partial charge in [0.25, 0.3) is 0 Å². The molecule has 2 rings (SSSR count). The smallest absolute Gasteiger partial charge is 0.242 e. The van der Waals surface area contributed by atoms with E-state index in [9.17, 15) is 9.59 Å². The first-order valence-electron chi connectivity index (χ1n) is 10.0. The van der Waals surface area contributed by atoms with Gasteiger partial charge in [-0.15, -0.1) is 11.8 Å². The Balaban J connectivity index is 2.04. The summed E-state index contributed by atoms with van der Waals surface area (Å²) in [4.78, 5) is 27.3. The minimum atomic E-state index is -0.564. The second kappa shape index (κ2) is 12.9. The van der Waals surface area contributed by atoms with E-state index in [2.05, 4.69) is 12.2 Å². The molecule has 30 heavy (non-hydrogen) atoms. The number of rotatable bonds is 11. The maximum Gasteiger partial charge on any atom is 0.242 e. The van der Waals surface area contributed by atoms with E-state index >= 15 is 0 Å². The van der Waals surface area contributed by atoms with Crippen LogP contribution in [0.1, 0.15) is 37.8 Å². The quantitative estimate of drug-likeness (QED) is 0.440. The molecule has 0 saturated heterocycles. The summed E-state index contributed by atoms with van der Waals surface area (Å²) in [6.45, 7) is 4.81. The van der Waals surface area contributed by atoms with Gasteiger partial charge in [-0.3, -0.25) is 9.59 Å². The van der Waals surface area contributed by atoms with Crippen LogP contribution in [0.5, 0.6) is 0 Å². The molecular formula is C23H28Cl2N2O2S. The molecule has 0 saturated carbocycles. The topological polar surface area (TPSA) is 49.4 Å². The van der Waals surface area contributed by atoms with Crippen LogP contribution in [0.3, 0.4) is 0 Å². The first-order valence-corrected chi connectivity index (χ1v) is 12.0. The molecule has 1 N–H and O–H groups in total. The number of nitrogens with one attached hydrogen (secondary N) is 1. The summed E-state index contributed by atoms with van der Waals surface area (Å²) in [5.74, 6) is 0.685. The van der Waals surface area contributed by atoms with Gasteiger partial charge >= 0.3 is 0 Å². The summed E-state index contributed by atoms with van der Waals surface area (Å²) in [5.41, 5.74) is 1.92. The first kappa shape index (κ1) is 24.6. The van der Waals surface area contributed by atoms with Crippen molar-refractivity contribution in [1.82, 2.24) is 10.2 Å². The predicted octanol–water partition coefficient (Wildman–Crippen LogP) is 5.56. The Morgan fingerprint density at radius 2 is 1.80 bits per heavy atom. The average Bonchev–Trinajstić information content (AvgIpc) is 2.74. The molecule has 7 heteroatoms. The molecule has 0 unspecified atom stereocenters. The molecule has 1 atom stereocenters. The third-order valence-corrected chi connectivity index (χ3v) is 6.29. The minimum absolute atomic E-state index is 0.0832. The van der Waals surface area contributed by atoms with E-state index in [-0.39, 0.29) is 17.6 Å². The van der Waals surface area contributed by atoms with E-state index in [1.807, 2.05) is 36.4 Å². The van der Waals surface area contributed by atoms with Crippen LogP contribution >= 0.6 is 35.0 Å². The Kier molecular flexibility index (Phi) is 10.6. The van der Waals surface area contributed by atoms with E-state index in [1.54, 1.807) is 24.0 Å². The molecule has 4 nitrogen and oxygen atoms in total.